The van der Waals surface area contributed by atoms with E-state index in [1.165, 1.54) is 0 Å². The average molecular weight is 236 g/mol. The summed E-state index contributed by atoms with van der Waals surface area (Å²) in [7, 11) is 0. The Bertz CT molecular complexity index is 669. The lowest BCUT2D eigenvalue weighted by Crippen LogP contribution is -2.11. The number of hydrogen-bond acceptors (Lipinski definition) is 2. The molecule has 18 heavy (non-hydrogen) atoms. The monoisotopic (exact) mass is 236 g/mol. The first-order valence-electron chi connectivity index (χ1n) is 6.04. The standard InChI is InChI=1S/C16H16N2/c1-9-6-7-12-10(2)11-4-3-5-15(17)13(11)8-14(12)16(9)18/h3-7H,2,8,17-18H2,1H3. The van der Waals surface area contributed by atoms with Crippen LogP contribution in [0.4, 0.5) is 11.4 Å². The second kappa shape index (κ2) is 3.64. The van der Waals surface area contributed by atoms with Crippen molar-refractivity contribution in [1.82, 2.24) is 0 Å². The van der Waals surface area contributed by atoms with E-state index in [-0.39, 0.29) is 0 Å². The Morgan fingerprint density at radius 1 is 1.00 bits per heavy atom. The van der Waals surface area contributed by atoms with Crippen molar-refractivity contribution in [2.75, 3.05) is 11.5 Å². The summed E-state index contributed by atoms with van der Waals surface area (Å²) in [5.41, 5.74) is 20.7. The molecule has 2 aromatic rings. The van der Waals surface area contributed by atoms with Crippen LogP contribution in [-0.2, 0) is 6.42 Å². The summed E-state index contributed by atoms with van der Waals surface area (Å²) in [5.74, 6) is 0. The third-order valence-corrected chi connectivity index (χ3v) is 3.79. The van der Waals surface area contributed by atoms with Crippen LogP contribution in [0, 0.1) is 6.92 Å². The van der Waals surface area contributed by atoms with Crippen LogP contribution < -0.4 is 11.5 Å². The van der Waals surface area contributed by atoms with Gasteiger partial charge < -0.3 is 11.5 Å². The number of benzene rings is 2. The fraction of sp³-hybridized carbons (Fsp3) is 0.125. The maximum absolute atomic E-state index is 6.19. The summed E-state index contributed by atoms with van der Waals surface area (Å²) < 4.78 is 0. The predicted octanol–water partition coefficient (Wildman–Crippen LogP) is 3.13. The molecule has 0 spiro atoms. The van der Waals surface area contributed by atoms with Crippen molar-refractivity contribution in [3.05, 3.63) is 64.7 Å². The average Bonchev–Trinajstić information content (AvgIpc) is 2.36. The number of anilines is 2. The summed E-state index contributed by atoms with van der Waals surface area (Å²) >= 11 is 0. The maximum atomic E-state index is 6.19. The van der Waals surface area contributed by atoms with E-state index in [1.54, 1.807) is 0 Å². The first kappa shape index (κ1) is 10.9. The summed E-state index contributed by atoms with van der Waals surface area (Å²) in [6, 6.07) is 10.1. The Morgan fingerprint density at radius 3 is 2.50 bits per heavy atom. The molecule has 0 saturated heterocycles. The predicted molar refractivity (Wildman–Crippen MR) is 77.4 cm³/mol. The smallest absolute Gasteiger partial charge is 0.0385 e. The molecule has 0 heterocycles. The summed E-state index contributed by atoms with van der Waals surface area (Å²) in [5, 5.41) is 0. The fourth-order valence-corrected chi connectivity index (χ4v) is 2.66. The van der Waals surface area contributed by atoms with Gasteiger partial charge in [0.2, 0.25) is 0 Å². The summed E-state index contributed by atoms with van der Waals surface area (Å²) in [6.07, 6.45) is 0.796. The van der Waals surface area contributed by atoms with Gasteiger partial charge in [0.05, 0.1) is 0 Å². The van der Waals surface area contributed by atoms with Gasteiger partial charge in [-0.2, -0.15) is 0 Å². The number of fused-ring (bicyclic) bond motifs is 2. The van der Waals surface area contributed by atoms with Gasteiger partial charge in [0.25, 0.3) is 0 Å². The fourth-order valence-electron chi connectivity index (χ4n) is 2.66. The molecule has 0 unspecified atom stereocenters. The molecule has 0 radical (unpaired) electrons. The van der Waals surface area contributed by atoms with Crippen molar-refractivity contribution in [2.24, 2.45) is 0 Å². The molecule has 0 aromatic heterocycles. The molecule has 0 fully saturated rings. The van der Waals surface area contributed by atoms with Crippen LogP contribution in [0.2, 0.25) is 0 Å². The van der Waals surface area contributed by atoms with Gasteiger partial charge in [-0.05, 0) is 46.4 Å². The Hall–Kier alpha value is -2.22. The molecule has 2 aromatic carbocycles. The molecule has 0 atom stereocenters. The third-order valence-electron chi connectivity index (χ3n) is 3.79. The minimum absolute atomic E-state index is 0.796. The number of nitrogens with two attached hydrogens (primary N) is 2. The van der Waals surface area contributed by atoms with Crippen molar-refractivity contribution in [2.45, 2.75) is 13.3 Å². The first-order chi connectivity index (χ1) is 8.59. The van der Waals surface area contributed by atoms with Crippen LogP contribution in [0.25, 0.3) is 5.57 Å². The molecule has 1 aliphatic carbocycles. The molecular formula is C16H16N2. The van der Waals surface area contributed by atoms with E-state index >= 15 is 0 Å². The van der Waals surface area contributed by atoms with Crippen LogP contribution in [0.15, 0.2) is 36.9 Å². The van der Waals surface area contributed by atoms with Gasteiger partial charge in [0.1, 0.15) is 0 Å². The molecule has 2 nitrogen and oxygen atoms in total. The molecule has 0 amide bonds. The summed E-state index contributed by atoms with van der Waals surface area (Å²) in [4.78, 5) is 0. The van der Waals surface area contributed by atoms with E-state index in [2.05, 4.69) is 24.8 Å². The normalized spacial score (nSPS) is 13.1. The third kappa shape index (κ3) is 1.35. The molecule has 0 aliphatic heterocycles. The molecule has 90 valence electrons. The minimum Gasteiger partial charge on any atom is -0.398 e. The second-order valence-corrected chi connectivity index (χ2v) is 4.85. The van der Waals surface area contributed by atoms with Crippen molar-refractivity contribution in [3.8, 4) is 0 Å². The molecule has 4 N–H and O–H groups in total. The highest BCUT2D eigenvalue weighted by atomic mass is 14.6. The van der Waals surface area contributed by atoms with Gasteiger partial charge in [-0.1, -0.05) is 30.8 Å². The molecular weight excluding hydrogens is 220 g/mol. The number of nitrogen functional groups attached to an aromatic ring is 2. The van der Waals surface area contributed by atoms with Crippen LogP contribution in [-0.4, -0.2) is 0 Å². The zero-order chi connectivity index (χ0) is 12.9. The lowest BCUT2D eigenvalue weighted by atomic mass is 9.81. The van der Waals surface area contributed by atoms with Crippen molar-refractivity contribution in [1.29, 1.82) is 0 Å². The molecule has 0 bridgehead atoms. The van der Waals surface area contributed by atoms with Gasteiger partial charge in [-0.3, -0.25) is 0 Å². The molecule has 1 aliphatic rings. The Morgan fingerprint density at radius 2 is 1.72 bits per heavy atom. The highest BCUT2D eigenvalue weighted by Crippen LogP contribution is 2.40. The topological polar surface area (TPSA) is 52.0 Å². The van der Waals surface area contributed by atoms with E-state index in [9.17, 15) is 0 Å². The lowest BCUT2D eigenvalue weighted by molar-refractivity contribution is 1.14. The van der Waals surface area contributed by atoms with E-state index in [1.807, 2.05) is 19.1 Å². The van der Waals surface area contributed by atoms with Crippen LogP contribution in [0.3, 0.4) is 0 Å². The van der Waals surface area contributed by atoms with E-state index in [0.29, 0.717) is 0 Å². The molecule has 2 heteroatoms. The van der Waals surface area contributed by atoms with Gasteiger partial charge in [-0.15, -0.1) is 0 Å². The Kier molecular flexibility index (Phi) is 2.20. The number of rotatable bonds is 0. The van der Waals surface area contributed by atoms with E-state index in [0.717, 1.165) is 51.2 Å². The maximum Gasteiger partial charge on any atom is 0.0385 e. The zero-order valence-corrected chi connectivity index (χ0v) is 10.5. The van der Waals surface area contributed by atoms with Gasteiger partial charge >= 0.3 is 0 Å². The first-order valence-corrected chi connectivity index (χ1v) is 6.04. The van der Waals surface area contributed by atoms with Crippen LogP contribution >= 0.6 is 0 Å². The van der Waals surface area contributed by atoms with E-state index in [4.69, 9.17) is 11.5 Å². The SMILES string of the molecule is C=C1c2cccc(N)c2Cc2c1ccc(C)c2N. The Balaban J connectivity index is 2.29. The van der Waals surface area contributed by atoms with Gasteiger partial charge in [0.15, 0.2) is 0 Å². The molecule has 3 rings (SSSR count). The lowest BCUT2D eigenvalue weighted by Gasteiger charge is -2.25. The zero-order valence-electron chi connectivity index (χ0n) is 10.5. The quantitative estimate of drug-likeness (QED) is 0.589. The van der Waals surface area contributed by atoms with Crippen molar-refractivity contribution < 1.29 is 0 Å². The van der Waals surface area contributed by atoms with Crippen LogP contribution in [0.5, 0.6) is 0 Å². The number of aryl methyl sites for hydroxylation is 1. The minimum atomic E-state index is 0.796. The molecule has 0 saturated carbocycles. The highest BCUT2D eigenvalue weighted by Gasteiger charge is 2.22. The highest BCUT2D eigenvalue weighted by molar-refractivity contribution is 5.89. The van der Waals surface area contributed by atoms with Gasteiger partial charge in [-0.25, -0.2) is 0 Å². The van der Waals surface area contributed by atoms with Crippen molar-refractivity contribution >= 4 is 16.9 Å². The van der Waals surface area contributed by atoms with E-state index < -0.39 is 0 Å². The summed E-state index contributed by atoms with van der Waals surface area (Å²) in [6.45, 7) is 6.23. The number of hydrogen-bond donors (Lipinski definition) is 2. The largest absolute Gasteiger partial charge is 0.398 e. The van der Waals surface area contributed by atoms with Crippen molar-refractivity contribution in [3.63, 3.8) is 0 Å². The second-order valence-electron chi connectivity index (χ2n) is 4.85. The van der Waals surface area contributed by atoms with Crippen LogP contribution in [0.1, 0.15) is 27.8 Å². The Labute approximate surface area is 107 Å². The van der Waals surface area contributed by atoms with Gasteiger partial charge in [0, 0.05) is 17.8 Å².